The molecule has 1 fully saturated rings. The van der Waals surface area contributed by atoms with Crippen LogP contribution >= 0.6 is 0 Å². The van der Waals surface area contributed by atoms with Crippen LogP contribution in [0, 0.1) is 10.1 Å². The number of hydrogen-bond acceptors (Lipinski definition) is 10. The van der Waals surface area contributed by atoms with E-state index in [0.29, 0.717) is 0 Å². The molecule has 2 aromatic carbocycles. The molecule has 0 aliphatic carbocycles. The number of hydrogen-bond donors (Lipinski definition) is 1. The van der Waals surface area contributed by atoms with Gasteiger partial charge in [-0.3, -0.25) is 28.8 Å². The number of rotatable bonds is 8. The number of imide groups is 1. The summed E-state index contributed by atoms with van der Waals surface area (Å²) in [5, 5.41) is 14.5. The predicted molar refractivity (Wildman–Crippen MR) is 120 cm³/mol. The molecule has 4 rings (SSSR count). The number of carbonyl (C=O) groups excluding carboxylic acids is 3. The number of nitrogens with one attached hydrogen (secondary N) is 1. The number of esters is 1. The molecule has 3 atom stereocenters. The van der Waals surface area contributed by atoms with Crippen molar-refractivity contribution in [3.63, 3.8) is 0 Å². The van der Waals surface area contributed by atoms with Crippen LogP contribution in [-0.4, -0.2) is 67.5 Å². The van der Waals surface area contributed by atoms with Gasteiger partial charge in [-0.15, -0.1) is 0 Å². The molecular weight excluding hydrogens is 482 g/mol. The zero-order valence-electron chi connectivity index (χ0n) is 18.4. The fraction of sp³-hybridized carbons (Fsp3) is 0.318. The molecule has 2 aromatic rings. The summed E-state index contributed by atoms with van der Waals surface area (Å²) in [5.41, 5.74) is 0.118. The molecule has 13 heteroatoms. The Morgan fingerprint density at radius 2 is 1.86 bits per heavy atom. The highest BCUT2D eigenvalue weighted by molar-refractivity contribution is 7.86. The van der Waals surface area contributed by atoms with Crippen LogP contribution in [0.15, 0.2) is 48.5 Å². The van der Waals surface area contributed by atoms with Crippen molar-refractivity contribution in [1.82, 2.24) is 10.2 Å². The molecular formula is C22H21N3O9S. The van der Waals surface area contributed by atoms with Crippen LogP contribution < -0.4 is 5.32 Å². The van der Waals surface area contributed by atoms with Gasteiger partial charge in [0.2, 0.25) is 0 Å². The van der Waals surface area contributed by atoms with E-state index in [1.807, 2.05) is 0 Å². The van der Waals surface area contributed by atoms with Gasteiger partial charge in [0, 0.05) is 19.1 Å². The third-order valence-electron chi connectivity index (χ3n) is 5.60. The Kier molecular flexibility index (Phi) is 6.65. The van der Waals surface area contributed by atoms with Gasteiger partial charge in [0.15, 0.2) is 0 Å². The van der Waals surface area contributed by atoms with Crippen LogP contribution in [0.2, 0.25) is 0 Å². The molecule has 1 saturated heterocycles. The van der Waals surface area contributed by atoms with Gasteiger partial charge in [0.1, 0.15) is 0 Å². The molecule has 2 aliphatic rings. The minimum absolute atomic E-state index is 0.0207. The van der Waals surface area contributed by atoms with Crippen LogP contribution in [0.3, 0.4) is 0 Å². The van der Waals surface area contributed by atoms with Crippen molar-refractivity contribution >= 4 is 27.9 Å². The lowest BCUT2D eigenvalue weighted by molar-refractivity contribution is -0.574. The zero-order valence-corrected chi connectivity index (χ0v) is 19.3. The number of benzene rings is 2. The molecule has 0 aromatic heterocycles. The summed E-state index contributed by atoms with van der Waals surface area (Å²) in [5.74, 6) is -2.22. The van der Waals surface area contributed by atoms with Gasteiger partial charge in [-0.2, -0.15) is 8.42 Å². The van der Waals surface area contributed by atoms with E-state index < -0.39 is 45.2 Å². The second kappa shape index (κ2) is 9.52. The van der Waals surface area contributed by atoms with Gasteiger partial charge in [-0.05, 0) is 36.8 Å². The van der Waals surface area contributed by atoms with E-state index in [4.69, 9.17) is 8.92 Å². The monoisotopic (exact) mass is 503 g/mol. The van der Waals surface area contributed by atoms with E-state index in [-0.39, 0.29) is 47.8 Å². The van der Waals surface area contributed by atoms with Crippen LogP contribution in [0.1, 0.15) is 49.3 Å². The van der Waals surface area contributed by atoms with Crippen molar-refractivity contribution in [2.45, 2.75) is 24.8 Å². The third kappa shape index (κ3) is 5.37. The Bertz CT molecular complexity index is 1300. The minimum Gasteiger partial charge on any atom is -0.390 e. The third-order valence-corrected chi connectivity index (χ3v) is 6.22. The molecule has 0 bridgehead atoms. The smallest absolute Gasteiger partial charge is 0.383 e. The van der Waals surface area contributed by atoms with E-state index in [2.05, 4.69) is 5.32 Å². The van der Waals surface area contributed by atoms with E-state index in [1.54, 1.807) is 18.2 Å². The van der Waals surface area contributed by atoms with Crippen LogP contribution in [0.25, 0.3) is 0 Å². The predicted octanol–water partition coefficient (Wildman–Crippen LogP) is 1.12. The quantitative estimate of drug-likeness (QED) is 0.138. The van der Waals surface area contributed by atoms with Gasteiger partial charge in [-0.25, -0.2) is 4.79 Å². The van der Waals surface area contributed by atoms with Crippen LogP contribution in [0.5, 0.6) is 0 Å². The van der Waals surface area contributed by atoms with E-state index in [1.165, 1.54) is 30.3 Å². The lowest BCUT2D eigenvalue weighted by Gasteiger charge is -2.18. The summed E-state index contributed by atoms with van der Waals surface area (Å²) >= 11 is 0. The maximum Gasteiger partial charge on any atom is 0.383 e. The molecule has 0 saturated carbocycles. The van der Waals surface area contributed by atoms with Crippen molar-refractivity contribution in [1.29, 1.82) is 0 Å². The fourth-order valence-corrected chi connectivity index (χ4v) is 4.71. The van der Waals surface area contributed by atoms with Crippen molar-refractivity contribution in [2.24, 2.45) is 0 Å². The van der Waals surface area contributed by atoms with Gasteiger partial charge >= 0.3 is 12.2 Å². The first-order valence-electron chi connectivity index (χ1n) is 10.5. The summed E-state index contributed by atoms with van der Waals surface area (Å²) in [6, 6.07) is 11.1. The highest BCUT2D eigenvalue weighted by Crippen LogP contribution is 2.27. The molecule has 0 radical (unpaired) electrons. The largest absolute Gasteiger partial charge is 0.390 e. The Morgan fingerprint density at radius 3 is 2.51 bits per heavy atom. The van der Waals surface area contributed by atoms with E-state index in [9.17, 15) is 32.9 Å². The molecule has 1 N–H and O–H groups in total. The van der Waals surface area contributed by atoms with Gasteiger partial charge in [-0.1, -0.05) is 18.2 Å². The van der Waals surface area contributed by atoms with Crippen LogP contribution in [-0.2, 0) is 19.0 Å². The first-order chi connectivity index (χ1) is 16.5. The minimum atomic E-state index is -3.64. The van der Waals surface area contributed by atoms with Crippen LogP contribution in [0.4, 0.5) is 0 Å². The first kappa shape index (κ1) is 24.4. The summed E-state index contributed by atoms with van der Waals surface area (Å²) in [7, 11) is -3.64. The summed E-state index contributed by atoms with van der Waals surface area (Å²) in [4.78, 5) is 50.0. The topological polar surface area (TPSA) is 162 Å². The average molecular weight is 503 g/mol. The normalized spacial score (nSPS) is 20.5. The second-order valence-electron chi connectivity index (χ2n) is 8.20. The Hall–Kier alpha value is -3.68. The van der Waals surface area contributed by atoms with Gasteiger partial charge < -0.3 is 10.1 Å². The zero-order chi connectivity index (χ0) is 25.3. The molecule has 12 nitrogen and oxygen atoms in total. The highest BCUT2D eigenvalue weighted by atomic mass is 32.2. The SMILES string of the molecule is CS(=O)(=O)OC1CNC(CN2C(=O)c3ccc(C(=O)OC(c4ccccc4)[N+](=O)[O-])cc3C2=O)C1. The van der Waals surface area contributed by atoms with E-state index >= 15 is 0 Å². The summed E-state index contributed by atoms with van der Waals surface area (Å²) in [6.45, 7) is 0.225. The van der Waals surface area contributed by atoms with Crippen molar-refractivity contribution in [3.05, 3.63) is 80.9 Å². The number of carbonyl (C=O) groups is 3. The standard InChI is InChI=1S/C22H21N3O9S/c1-35(31,32)34-16-10-15(23-11-16)12-24-19(26)17-8-7-14(9-18(17)20(24)27)22(28)33-21(25(29)30)13-5-3-2-4-6-13/h2-9,15-16,21,23H,10-12H2,1H3. The van der Waals surface area contributed by atoms with Crippen molar-refractivity contribution < 1.29 is 36.6 Å². The molecule has 3 unspecified atom stereocenters. The second-order valence-corrected chi connectivity index (χ2v) is 9.80. The number of nitrogens with zero attached hydrogens (tertiary/aromatic N) is 2. The summed E-state index contributed by atoms with van der Waals surface area (Å²) in [6.07, 6.45) is -1.12. The fourth-order valence-electron chi connectivity index (χ4n) is 4.07. The van der Waals surface area contributed by atoms with Gasteiger partial charge in [0.25, 0.3) is 21.9 Å². The highest BCUT2D eigenvalue weighted by Gasteiger charge is 2.39. The molecule has 2 aliphatic heterocycles. The lowest BCUT2D eigenvalue weighted by atomic mass is 10.1. The molecule has 2 amide bonds. The number of ether oxygens (including phenoxy) is 1. The Labute approximate surface area is 200 Å². The molecule has 2 heterocycles. The first-order valence-corrected chi connectivity index (χ1v) is 12.4. The number of nitro groups is 1. The molecule has 184 valence electrons. The lowest BCUT2D eigenvalue weighted by Crippen LogP contribution is -2.40. The van der Waals surface area contributed by atoms with E-state index in [0.717, 1.165) is 11.2 Å². The van der Waals surface area contributed by atoms with Gasteiger partial charge in [0.05, 0.1) is 39.5 Å². The Morgan fingerprint density at radius 1 is 1.17 bits per heavy atom. The van der Waals surface area contributed by atoms with Crippen molar-refractivity contribution in [3.8, 4) is 0 Å². The maximum absolute atomic E-state index is 12.9. The molecule has 35 heavy (non-hydrogen) atoms. The average Bonchev–Trinajstić information content (AvgIpc) is 3.33. The summed E-state index contributed by atoms with van der Waals surface area (Å²) < 4.78 is 32.7. The molecule has 0 spiro atoms. The number of amides is 2. The van der Waals surface area contributed by atoms with Crippen molar-refractivity contribution in [2.75, 3.05) is 19.3 Å². The number of fused-ring (bicyclic) bond motifs is 1. The maximum atomic E-state index is 12.9. The Balaban J connectivity index is 1.46.